The molecule has 0 fully saturated rings. The largest absolute Gasteiger partial charge is 0.508 e. The second kappa shape index (κ2) is 6.25. The van der Waals surface area contributed by atoms with Crippen molar-refractivity contribution in [1.29, 1.82) is 0 Å². The summed E-state index contributed by atoms with van der Waals surface area (Å²) >= 11 is 1.51. The molecule has 1 aromatic carbocycles. The van der Waals surface area contributed by atoms with Crippen molar-refractivity contribution < 1.29 is 9.52 Å². The molecule has 132 valence electrons. The van der Waals surface area contributed by atoms with Gasteiger partial charge in [0.25, 0.3) is 0 Å². The van der Waals surface area contributed by atoms with Crippen molar-refractivity contribution in [2.75, 3.05) is 0 Å². The number of aromatic hydroxyl groups is 1. The maximum Gasteiger partial charge on any atom is 0.346 e. The van der Waals surface area contributed by atoms with Crippen molar-refractivity contribution >= 4 is 22.3 Å². The second-order valence-electron chi connectivity index (χ2n) is 6.78. The van der Waals surface area contributed by atoms with Crippen LogP contribution in [0.5, 0.6) is 5.75 Å². The highest BCUT2D eigenvalue weighted by Crippen LogP contribution is 2.37. The summed E-state index contributed by atoms with van der Waals surface area (Å²) < 4.78 is 5.39. The molecule has 5 heteroatoms. The first-order chi connectivity index (χ1) is 12.4. The van der Waals surface area contributed by atoms with Crippen LogP contribution in [0.25, 0.3) is 21.5 Å². The SMILES string of the molecule is CC1=CC(C)C(c2nc(-c3cc4ccc(O)cc4oc3=O)sc2C)C=C1. The first-order valence-electron chi connectivity index (χ1n) is 8.53. The predicted molar refractivity (Wildman–Crippen MR) is 105 cm³/mol. The zero-order chi connectivity index (χ0) is 18.4. The van der Waals surface area contributed by atoms with Gasteiger partial charge in [0, 0.05) is 22.2 Å². The van der Waals surface area contributed by atoms with Gasteiger partial charge < -0.3 is 9.52 Å². The van der Waals surface area contributed by atoms with Gasteiger partial charge in [-0.2, -0.15) is 0 Å². The highest BCUT2D eigenvalue weighted by molar-refractivity contribution is 7.15. The van der Waals surface area contributed by atoms with E-state index in [1.54, 1.807) is 18.2 Å². The minimum Gasteiger partial charge on any atom is -0.508 e. The Morgan fingerprint density at radius 3 is 2.81 bits per heavy atom. The van der Waals surface area contributed by atoms with Crippen LogP contribution in [0, 0.1) is 12.8 Å². The van der Waals surface area contributed by atoms with Crippen LogP contribution in [0.2, 0.25) is 0 Å². The second-order valence-corrected chi connectivity index (χ2v) is 7.99. The Hall–Kier alpha value is -2.66. The van der Waals surface area contributed by atoms with Gasteiger partial charge >= 0.3 is 5.63 Å². The van der Waals surface area contributed by atoms with Gasteiger partial charge in [-0.15, -0.1) is 11.3 Å². The van der Waals surface area contributed by atoms with Crippen molar-refractivity contribution in [3.8, 4) is 16.3 Å². The van der Waals surface area contributed by atoms with Crippen LogP contribution in [0.1, 0.15) is 30.3 Å². The van der Waals surface area contributed by atoms with E-state index >= 15 is 0 Å². The molecule has 0 saturated heterocycles. The summed E-state index contributed by atoms with van der Waals surface area (Å²) in [4.78, 5) is 18.3. The van der Waals surface area contributed by atoms with E-state index in [0.29, 0.717) is 22.1 Å². The van der Waals surface area contributed by atoms with Gasteiger partial charge in [0.15, 0.2) is 0 Å². The number of allylic oxidation sites excluding steroid dienone is 4. The third-order valence-electron chi connectivity index (χ3n) is 4.76. The molecule has 2 heterocycles. The van der Waals surface area contributed by atoms with E-state index < -0.39 is 5.63 Å². The van der Waals surface area contributed by atoms with Crippen LogP contribution in [-0.2, 0) is 0 Å². The van der Waals surface area contributed by atoms with Crippen molar-refractivity contribution in [3.05, 3.63) is 69.1 Å². The minimum atomic E-state index is -0.439. The predicted octanol–water partition coefficient (Wildman–Crippen LogP) is 5.17. The summed E-state index contributed by atoms with van der Waals surface area (Å²) in [6.07, 6.45) is 6.57. The fourth-order valence-corrected chi connectivity index (χ4v) is 4.40. The van der Waals surface area contributed by atoms with E-state index in [9.17, 15) is 9.90 Å². The quantitative estimate of drug-likeness (QED) is 0.637. The molecule has 2 unspecified atom stereocenters. The number of phenolic OH excluding ortho intramolecular Hbond substituents is 1. The summed E-state index contributed by atoms with van der Waals surface area (Å²) in [6.45, 7) is 6.33. The monoisotopic (exact) mass is 365 g/mol. The molecular weight excluding hydrogens is 346 g/mol. The lowest BCUT2D eigenvalue weighted by Crippen LogP contribution is -2.10. The van der Waals surface area contributed by atoms with Crippen molar-refractivity contribution in [3.63, 3.8) is 0 Å². The van der Waals surface area contributed by atoms with Gasteiger partial charge in [-0.3, -0.25) is 0 Å². The van der Waals surface area contributed by atoms with Crippen LogP contribution in [0.15, 0.2) is 57.3 Å². The molecule has 0 spiro atoms. The normalized spacial score (nSPS) is 19.7. The Morgan fingerprint density at radius 2 is 2.04 bits per heavy atom. The number of aryl methyl sites for hydroxylation is 1. The van der Waals surface area contributed by atoms with Crippen LogP contribution >= 0.6 is 11.3 Å². The molecular formula is C21H19NO3S. The van der Waals surface area contributed by atoms with Gasteiger partial charge in [0.2, 0.25) is 0 Å². The Morgan fingerprint density at radius 1 is 1.23 bits per heavy atom. The number of phenols is 1. The average molecular weight is 365 g/mol. The molecule has 3 aromatic rings. The Labute approximate surface area is 155 Å². The van der Waals surface area contributed by atoms with Gasteiger partial charge in [0.1, 0.15) is 16.3 Å². The molecule has 2 aromatic heterocycles. The van der Waals surface area contributed by atoms with E-state index in [-0.39, 0.29) is 11.7 Å². The van der Waals surface area contributed by atoms with E-state index in [1.165, 1.54) is 23.0 Å². The molecule has 1 N–H and O–H groups in total. The number of hydrogen-bond acceptors (Lipinski definition) is 5. The number of fused-ring (bicyclic) bond motifs is 1. The summed E-state index contributed by atoms with van der Waals surface area (Å²) in [5.41, 5.74) is 2.67. The van der Waals surface area contributed by atoms with Gasteiger partial charge in [0.05, 0.1) is 11.3 Å². The third kappa shape index (κ3) is 2.88. The summed E-state index contributed by atoms with van der Waals surface area (Å²) in [5.74, 6) is 0.653. The molecule has 4 nitrogen and oxygen atoms in total. The fourth-order valence-electron chi connectivity index (χ4n) is 3.43. The molecule has 26 heavy (non-hydrogen) atoms. The smallest absolute Gasteiger partial charge is 0.346 e. The van der Waals surface area contributed by atoms with Crippen LogP contribution in [-0.4, -0.2) is 10.1 Å². The lowest BCUT2D eigenvalue weighted by atomic mass is 9.85. The van der Waals surface area contributed by atoms with E-state index in [4.69, 9.17) is 9.40 Å². The topological polar surface area (TPSA) is 63.3 Å². The number of benzene rings is 1. The summed E-state index contributed by atoms with van der Waals surface area (Å²) in [7, 11) is 0. The lowest BCUT2D eigenvalue weighted by molar-refractivity contribution is 0.473. The molecule has 0 amide bonds. The molecule has 2 atom stereocenters. The summed E-state index contributed by atoms with van der Waals surface area (Å²) in [5, 5.41) is 11.0. The maximum absolute atomic E-state index is 12.4. The third-order valence-corrected chi connectivity index (χ3v) is 5.78. The summed E-state index contributed by atoms with van der Waals surface area (Å²) in [6, 6.07) is 6.54. The van der Waals surface area contributed by atoms with Crippen molar-refractivity contribution in [2.45, 2.75) is 26.7 Å². The molecule has 0 bridgehead atoms. The number of nitrogens with zero attached hydrogens (tertiary/aromatic N) is 1. The van der Waals surface area contributed by atoms with Crippen LogP contribution in [0.3, 0.4) is 0 Å². The number of thiazole rings is 1. The zero-order valence-electron chi connectivity index (χ0n) is 14.8. The highest BCUT2D eigenvalue weighted by atomic mass is 32.1. The number of rotatable bonds is 2. The lowest BCUT2D eigenvalue weighted by Gasteiger charge is -2.21. The molecule has 0 aliphatic heterocycles. The van der Waals surface area contributed by atoms with Crippen molar-refractivity contribution in [2.24, 2.45) is 5.92 Å². The Balaban J connectivity index is 1.79. The van der Waals surface area contributed by atoms with E-state index in [1.807, 2.05) is 6.92 Å². The number of aromatic nitrogens is 1. The molecule has 0 radical (unpaired) electrons. The van der Waals surface area contributed by atoms with Crippen LogP contribution in [0.4, 0.5) is 0 Å². The first kappa shape index (κ1) is 16.8. The van der Waals surface area contributed by atoms with Gasteiger partial charge in [-0.1, -0.05) is 30.7 Å². The average Bonchev–Trinajstić information content (AvgIpc) is 2.95. The van der Waals surface area contributed by atoms with E-state index in [2.05, 4.69) is 32.1 Å². The standard InChI is InChI=1S/C21H19NO3S/c1-11-4-7-16(12(2)8-11)19-13(3)26-20(22-19)17-9-14-5-6-15(23)10-18(14)25-21(17)24/h4-10,12,16,23H,1-3H3. The van der Waals surface area contributed by atoms with Gasteiger partial charge in [-0.25, -0.2) is 9.78 Å². The Kier molecular flexibility index (Phi) is 4.04. The Bertz CT molecular complexity index is 1120. The van der Waals surface area contributed by atoms with Crippen molar-refractivity contribution in [1.82, 2.24) is 4.98 Å². The van der Waals surface area contributed by atoms with E-state index in [0.717, 1.165) is 16.0 Å². The minimum absolute atomic E-state index is 0.0715. The van der Waals surface area contributed by atoms with Gasteiger partial charge in [-0.05, 0) is 38.0 Å². The molecule has 4 rings (SSSR count). The first-order valence-corrected chi connectivity index (χ1v) is 9.35. The molecule has 1 aliphatic carbocycles. The molecule has 0 saturated carbocycles. The highest BCUT2D eigenvalue weighted by Gasteiger charge is 2.24. The fraction of sp³-hybridized carbons (Fsp3) is 0.238. The number of hydrogen-bond donors (Lipinski definition) is 1. The zero-order valence-corrected chi connectivity index (χ0v) is 15.6. The molecule has 1 aliphatic rings. The maximum atomic E-state index is 12.4. The van der Waals surface area contributed by atoms with Crippen LogP contribution < -0.4 is 5.63 Å².